The molecule has 31 heavy (non-hydrogen) atoms. The number of para-hydroxylation sites is 1. The smallest absolute Gasteiger partial charge is 0.243 e. The Morgan fingerprint density at radius 2 is 1.58 bits per heavy atom. The van der Waals surface area contributed by atoms with Crippen LogP contribution in [0.1, 0.15) is 36.4 Å². The average Bonchev–Trinajstić information content (AvgIpc) is 3.05. The predicted octanol–water partition coefficient (Wildman–Crippen LogP) is 3.49. The second-order valence-corrected chi connectivity index (χ2v) is 8.07. The standard InChI is InChI=1S/C25H30N4O2/c1-17(2)24(27-23(30)15-20-11-7-5-8-12-20)25(31)26-16-22-18(3)28-29(19(22)4)21-13-9-6-10-14-21/h5-14,17,24H,15-16H2,1-4H3,(H,26,31)(H,27,30)/t24-/m0/s1. The Bertz CT molecular complexity index is 1030. The topological polar surface area (TPSA) is 76.0 Å². The number of nitrogens with zero attached hydrogens (tertiary/aromatic N) is 2. The summed E-state index contributed by atoms with van der Waals surface area (Å²) in [5.74, 6) is -0.388. The van der Waals surface area contributed by atoms with Gasteiger partial charge in [-0.1, -0.05) is 62.4 Å². The number of rotatable bonds is 8. The summed E-state index contributed by atoms with van der Waals surface area (Å²) in [7, 11) is 0. The van der Waals surface area contributed by atoms with E-state index in [1.165, 1.54) is 0 Å². The van der Waals surface area contributed by atoms with Crippen LogP contribution in [0.25, 0.3) is 5.69 Å². The Morgan fingerprint density at radius 3 is 2.19 bits per heavy atom. The number of aromatic nitrogens is 2. The Labute approximate surface area is 183 Å². The number of benzene rings is 2. The SMILES string of the molecule is Cc1nn(-c2ccccc2)c(C)c1CNC(=O)[C@@H](NC(=O)Cc1ccccc1)C(C)C. The Hall–Kier alpha value is -3.41. The summed E-state index contributed by atoms with van der Waals surface area (Å²) in [4.78, 5) is 25.4. The van der Waals surface area contributed by atoms with Gasteiger partial charge in [0.25, 0.3) is 0 Å². The molecular formula is C25H30N4O2. The molecule has 2 amide bonds. The number of hydrogen-bond donors (Lipinski definition) is 2. The minimum absolute atomic E-state index is 0.0334. The van der Waals surface area contributed by atoms with Crippen molar-refractivity contribution >= 4 is 11.8 Å². The van der Waals surface area contributed by atoms with Gasteiger partial charge in [-0.2, -0.15) is 5.10 Å². The second kappa shape index (κ2) is 10.1. The van der Waals surface area contributed by atoms with E-state index in [0.717, 1.165) is 28.2 Å². The Morgan fingerprint density at radius 1 is 0.968 bits per heavy atom. The number of aryl methyl sites for hydroxylation is 1. The fraction of sp³-hybridized carbons (Fsp3) is 0.320. The summed E-state index contributed by atoms with van der Waals surface area (Å²) in [6, 6.07) is 18.8. The molecule has 0 saturated carbocycles. The molecule has 2 N–H and O–H groups in total. The summed E-state index contributed by atoms with van der Waals surface area (Å²) in [5, 5.41) is 10.5. The molecule has 0 aliphatic heterocycles. The average molecular weight is 419 g/mol. The molecule has 1 heterocycles. The van der Waals surface area contributed by atoms with Gasteiger partial charge in [0.05, 0.1) is 17.8 Å². The van der Waals surface area contributed by atoms with E-state index in [1.54, 1.807) is 0 Å². The monoisotopic (exact) mass is 418 g/mol. The van der Waals surface area contributed by atoms with Crippen molar-refractivity contribution in [2.45, 2.75) is 46.7 Å². The highest BCUT2D eigenvalue weighted by molar-refractivity contribution is 5.88. The lowest BCUT2D eigenvalue weighted by atomic mass is 10.0. The lowest BCUT2D eigenvalue weighted by Gasteiger charge is -2.22. The highest BCUT2D eigenvalue weighted by Crippen LogP contribution is 2.18. The third-order valence-electron chi connectivity index (χ3n) is 5.35. The quantitative estimate of drug-likeness (QED) is 0.588. The molecule has 3 aromatic rings. The maximum Gasteiger partial charge on any atom is 0.243 e. The molecule has 0 unspecified atom stereocenters. The van der Waals surface area contributed by atoms with Gasteiger partial charge in [0.1, 0.15) is 6.04 Å². The normalized spacial score (nSPS) is 11.9. The van der Waals surface area contributed by atoms with Crippen LogP contribution in [-0.4, -0.2) is 27.6 Å². The van der Waals surface area contributed by atoms with Crippen LogP contribution in [0.5, 0.6) is 0 Å². The van der Waals surface area contributed by atoms with Gasteiger partial charge >= 0.3 is 0 Å². The molecule has 0 aliphatic rings. The number of carbonyl (C=O) groups excluding carboxylic acids is 2. The van der Waals surface area contributed by atoms with Crippen LogP contribution in [-0.2, 0) is 22.6 Å². The molecule has 0 radical (unpaired) electrons. The molecule has 162 valence electrons. The number of nitrogens with one attached hydrogen (secondary N) is 2. The fourth-order valence-corrected chi connectivity index (χ4v) is 3.58. The molecule has 0 bridgehead atoms. The van der Waals surface area contributed by atoms with Gasteiger partial charge in [0.15, 0.2) is 0 Å². The highest BCUT2D eigenvalue weighted by Gasteiger charge is 2.24. The molecule has 6 heteroatoms. The molecule has 0 saturated heterocycles. The maximum atomic E-state index is 12.9. The Balaban J connectivity index is 1.65. The van der Waals surface area contributed by atoms with E-state index >= 15 is 0 Å². The first-order chi connectivity index (χ1) is 14.9. The van der Waals surface area contributed by atoms with E-state index in [9.17, 15) is 9.59 Å². The first kappa shape index (κ1) is 22.3. The summed E-state index contributed by atoms with van der Waals surface area (Å²) in [6.07, 6.45) is 0.249. The van der Waals surface area contributed by atoms with Crippen LogP contribution in [0.2, 0.25) is 0 Å². The molecule has 6 nitrogen and oxygen atoms in total. The van der Waals surface area contributed by atoms with Crippen molar-refractivity contribution in [1.82, 2.24) is 20.4 Å². The first-order valence-corrected chi connectivity index (χ1v) is 10.6. The second-order valence-electron chi connectivity index (χ2n) is 8.07. The molecule has 0 fully saturated rings. The lowest BCUT2D eigenvalue weighted by Crippen LogP contribution is -2.50. The summed E-state index contributed by atoms with van der Waals surface area (Å²) in [6.45, 7) is 8.15. The first-order valence-electron chi connectivity index (χ1n) is 10.6. The van der Waals surface area contributed by atoms with Gasteiger partial charge in [-0.3, -0.25) is 9.59 Å². The van der Waals surface area contributed by atoms with Crippen LogP contribution in [0.15, 0.2) is 60.7 Å². The summed E-state index contributed by atoms with van der Waals surface area (Å²) >= 11 is 0. The van der Waals surface area contributed by atoms with Crippen molar-refractivity contribution < 1.29 is 9.59 Å². The third kappa shape index (κ3) is 5.60. The van der Waals surface area contributed by atoms with E-state index in [0.29, 0.717) is 6.54 Å². The molecule has 1 aromatic heterocycles. The van der Waals surface area contributed by atoms with Crippen LogP contribution in [0, 0.1) is 19.8 Å². The molecule has 0 aliphatic carbocycles. The summed E-state index contributed by atoms with van der Waals surface area (Å²) < 4.78 is 1.89. The van der Waals surface area contributed by atoms with Crippen molar-refractivity contribution in [1.29, 1.82) is 0 Å². The minimum atomic E-state index is -0.596. The van der Waals surface area contributed by atoms with Gasteiger partial charge < -0.3 is 10.6 Å². The van der Waals surface area contributed by atoms with Gasteiger partial charge in [-0.05, 0) is 37.5 Å². The van der Waals surface area contributed by atoms with Gasteiger partial charge in [0.2, 0.25) is 11.8 Å². The van der Waals surface area contributed by atoms with Crippen LogP contribution >= 0.6 is 0 Å². The van der Waals surface area contributed by atoms with Crippen LogP contribution in [0.3, 0.4) is 0 Å². The van der Waals surface area contributed by atoms with Crippen LogP contribution in [0.4, 0.5) is 0 Å². The summed E-state index contributed by atoms with van der Waals surface area (Å²) in [5.41, 5.74) is 4.74. The van der Waals surface area contributed by atoms with Gasteiger partial charge in [0, 0.05) is 17.8 Å². The maximum absolute atomic E-state index is 12.9. The predicted molar refractivity (Wildman–Crippen MR) is 122 cm³/mol. The zero-order valence-electron chi connectivity index (χ0n) is 18.6. The molecule has 2 aromatic carbocycles. The third-order valence-corrected chi connectivity index (χ3v) is 5.35. The Kier molecular flexibility index (Phi) is 7.23. The lowest BCUT2D eigenvalue weighted by molar-refractivity contribution is -0.129. The molecule has 1 atom stereocenters. The zero-order valence-corrected chi connectivity index (χ0v) is 18.6. The number of hydrogen-bond acceptors (Lipinski definition) is 3. The minimum Gasteiger partial charge on any atom is -0.350 e. The van der Waals surface area contributed by atoms with Crippen molar-refractivity contribution in [3.63, 3.8) is 0 Å². The molecular weight excluding hydrogens is 388 g/mol. The van der Waals surface area contributed by atoms with E-state index in [4.69, 9.17) is 0 Å². The largest absolute Gasteiger partial charge is 0.350 e. The van der Waals surface area contributed by atoms with E-state index < -0.39 is 6.04 Å². The highest BCUT2D eigenvalue weighted by atomic mass is 16.2. The number of carbonyl (C=O) groups is 2. The zero-order chi connectivity index (χ0) is 22.4. The molecule has 0 spiro atoms. The van der Waals surface area contributed by atoms with Crippen molar-refractivity contribution in [3.05, 3.63) is 83.2 Å². The van der Waals surface area contributed by atoms with E-state index in [2.05, 4.69) is 15.7 Å². The van der Waals surface area contributed by atoms with E-state index in [1.807, 2.05) is 93.0 Å². The van der Waals surface area contributed by atoms with Crippen molar-refractivity contribution in [2.75, 3.05) is 0 Å². The van der Waals surface area contributed by atoms with Gasteiger partial charge in [-0.25, -0.2) is 4.68 Å². The van der Waals surface area contributed by atoms with Crippen molar-refractivity contribution in [2.24, 2.45) is 5.92 Å². The number of amides is 2. The fourth-order valence-electron chi connectivity index (χ4n) is 3.58. The van der Waals surface area contributed by atoms with Gasteiger partial charge in [-0.15, -0.1) is 0 Å². The van der Waals surface area contributed by atoms with E-state index in [-0.39, 0.29) is 24.2 Å². The van der Waals surface area contributed by atoms with Crippen LogP contribution < -0.4 is 10.6 Å². The molecule has 3 rings (SSSR count). The van der Waals surface area contributed by atoms with Crippen molar-refractivity contribution in [3.8, 4) is 5.69 Å².